The third kappa shape index (κ3) is 3.02. The molecule has 4 rings (SSSR count). The van der Waals surface area contributed by atoms with E-state index in [2.05, 4.69) is 20.2 Å². The predicted molar refractivity (Wildman–Crippen MR) is 88.1 cm³/mol. The Bertz CT molecular complexity index is 730. The number of nitrogens with one attached hydrogen (secondary N) is 1. The number of benzene rings is 1. The Morgan fingerprint density at radius 1 is 1.25 bits per heavy atom. The van der Waals surface area contributed by atoms with E-state index in [1.54, 1.807) is 12.3 Å². The molecule has 1 saturated heterocycles. The Balaban J connectivity index is 0.000000815. The van der Waals surface area contributed by atoms with E-state index in [1.165, 1.54) is 6.07 Å². The van der Waals surface area contributed by atoms with Crippen LogP contribution in [0.3, 0.4) is 0 Å². The van der Waals surface area contributed by atoms with Gasteiger partial charge in [0.15, 0.2) is 11.6 Å². The van der Waals surface area contributed by atoms with Crippen molar-refractivity contribution in [2.24, 2.45) is 0 Å². The lowest BCUT2D eigenvalue weighted by molar-refractivity contribution is -0.137. The predicted octanol–water partition coefficient (Wildman–Crippen LogP) is 4.19. The number of hydrogen-bond donors (Lipinski definition) is 1. The standard InChI is InChI=1S/C15H13F3N4.C2H6/c16-15(17,18)10-3-1-2-9(6-10)13-19-7-12-14(21-13)20-11-4-5-22(12)8-11;1-2/h1-3,6-7,11H,4-5,8H2,(H,19,20,21);1-2H3. The van der Waals surface area contributed by atoms with E-state index in [9.17, 15) is 13.2 Å². The SMILES string of the molecule is CC.FC(F)(F)c1cccc(-c2ncc3c(n2)NC2CCN3C2)c1. The summed E-state index contributed by atoms with van der Waals surface area (Å²) in [6.45, 7) is 5.89. The molecule has 1 aromatic heterocycles. The fourth-order valence-corrected chi connectivity index (χ4v) is 2.98. The molecule has 1 fully saturated rings. The summed E-state index contributed by atoms with van der Waals surface area (Å²) in [7, 11) is 0. The third-order valence-electron chi connectivity index (χ3n) is 4.09. The molecule has 0 amide bonds. The van der Waals surface area contributed by atoms with Crippen molar-refractivity contribution in [2.45, 2.75) is 32.5 Å². The second-order valence-corrected chi connectivity index (χ2v) is 5.58. The van der Waals surface area contributed by atoms with Crippen molar-refractivity contribution >= 4 is 11.5 Å². The first-order valence-corrected chi connectivity index (χ1v) is 8.07. The van der Waals surface area contributed by atoms with Crippen LogP contribution in [-0.2, 0) is 6.18 Å². The number of anilines is 2. The molecule has 0 radical (unpaired) electrons. The van der Waals surface area contributed by atoms with Gasteiger partial charge in [-0.05, 0) is 18.6 Å². The van der Waals surface area contributed by atoms with E-state index in [1.807, 2.05) is 13.8 Å². The van der Waals surface area contributed by atoms with Gasteiger partial charge in [0, 0.05) is 24.7 Å². The minimum atomic E-state index is -4.37. The Hall–Kier alpha value is -2.31. The smallest absolute Gasteiger partial charge is 0.365 e. The highest BCUT2D eigenvalue weighted by atomic mass is 19.4. The zero-order valence-corrected chi connectivity index (χ0v) is 13.6. The summed E-state index contributed by atoms with van der Waals surface area (Å²) in [6.07, 6.45) is -1.64. The molecule has 0 spiro atoms. The average molecular weight is 336 g/mol. The maximum Gasteiger partial charge on any atom is 0.416 e. The zero-order chi connectivity index (χ0) is 17.3. The van der Waals surface area contributed by atoms with Crippen molar-refractivity contribution in [1.82, 2.24) is 9.97 Å². The van der Waals surface area contributed by atoms with Crippen molar-refractivity contribution in [2.75, 3.05) is 23.3 Å². The summed E-state index contributed by atoms with van der Waals surface area (Å²) >= 11 is 0. The molecule has 2 aliphatic heterocycles. The number of fused-ring (bicyclic) bond motifs is 4. The van der Waals surface area contributed by atoms with Crippen LogP contribution in [0.2, 0.25) is 0 Å². The summed E-state index contributed by atoms with van der Waals surface area (Å²) < 4.78 is 38.4. The lowest BCUT2D eigenvalue weighted by atomic mass is 10.1. The molecular weight excluding hydrogens is 317 g/mol. The Morgan fingerprint density at radius 3 is 2.79 bits per heavy atom. The minimum Gasteiger partial charge on any atom is -0.365 e. The number of nitrogens with zero attached hydrogens (tertiary/aromatic N) is 3. The van der Waals surface area contributed by atoms with Crippen LogP contribution in [0.1, 0.15) is 25.8 Å². The minimum absolute atomic E-state index is 0.305. The van der Waals surface area contributed by atoms with Gasteiger partial charge in [0.2, 0.25) is 0 Å². The van der Waals surface area contributed by atoms with Crippen molar-refractivity contribution in [1.29, 1.82) is 0 Å². The van der Waals surface area contributed by atoms with Crippen LogP contribution in [0.15, 0.2) is 30.5 Å². The summed E-state index contributed by atoms with van der Waals surface area (Å²) in [6, 6.07) is 5.46. The number of rotatable bonds is 1. The molecule has 0 aliphatic carbocycles. The van der Waals surface area contributed by atoms with Gasteiger partial charge in [-0.1, -0.05) is 26.0 Å². The van der Waals surface area contributed by atoms with E-state index >= 15 is 0 Å². The summed E-state index contributed by atoms with van der Waals surface area (Å²) in [5.41, 5.74) is 0.597. The zero-order valence-electron chi connectivity index (χ0n) is 13.6. The van der Waals surface area contributed by atoms with E-state index in [4.69, 9.17) is 0 Å². The highest BCUT2D eigenvalue weighted by Gasteiger charge is 2.32. The van der Waals surface area contributed by atoms with Crippen molar-refractivity contribution in [3.63, 3.8) is 0 Å². The van der Waals surface area contributed by atoms with Gasteiger partial charge < -0.3 is 10.2 Å². The van der Waals surface area contributed by atoms with Crippen molar-refractivity contribution in [3.05, 3.63) is 36.0 Å². The molecule has 3 heterocycles. The first-order chi connectivity index (χ1) is 11.5. The normalized spacial score (nSPS) is 18.4. The van der Waals surface area contributed by atoms with Crippen molar-refractivity contribution < 1.29 is 13.2 Å². The van der Waals surface area contributed by atoms with Crippen LogP contribution in [0.4, 0.5) is 24.7 Å². The third-order valence-corrected chi connectivity index (χ3v) is 4.09. The van der Waals surface area contributed by atoms with Crippen LogP contribution >= 0.6 is 0 Å². The monoisotopic (exact) mass is 336 g/mol. The topological polar surface area (TPSA) is 41.1 Å². The molecule has 24 heavy (non-hydrogen) atoms. The second kappa shape index (κ2) is 6.30. The van der Waals surface area contributed by atoms with Gasteiger partial charge >= 0.3 is 6.18 Å². The quantitative estimate of drug-likeness (QED) is 0.848. The van der Waals surface area contributed by atoms with Crippen LogP contribution in [0, 0.1) is 0 Å². The Labute approximate surface area is 138 Å². The summed E-state index contributed by atoms with van der Waals surface area (Å²) in [4.78, 5) is 10.9. The van der Waals surface area contributed by atoms with E-state index in [0.717, 1.165) is 37.3 Å². The summed E-state index contributed by atoms with van der Waals surface area (Å²) in [5.74, 6) is 1.01. The molecule has 1 aromatic carbocycles. The van der Waals surface area contributed by atoms with Gasteiger partial charge in [0.25, 0.3) is 0 Å². The largest absolute Gasteiger partial charge is 0.416 e. The van der Waals surface area contributed by atoms with Gasteiger partial charge in [0.05, 0.1) is 17.4 Å². The lowest BCUT2D eigenvalue weighted by Gasteiger charge is -2.27. The second-order valence-electron chi connectivity index (χ2n) is 5.58. The fraction of sp³-hybridized carbons (Fsp3) is 0.412. The number of hydrogen-bond acceptors (Lipinski definition) is 4. The van der Waals surface area contributed by atoms with E-state index < -0.39 is 11.7 Å². The maximum absolute atomic E-state index is 12.8. The highest BCUT2D eigenvalue weighted by Crippen LogP contribution is 2.35. The number of alkyl halides is 3. The fourth-order valence-electron chi connectivity index (χ4n) is 2.98. The first-order valence-electron chi connectivity index (χ1n) is 8.07. The molecule has 128 valence electrons. The van der Waals surface area contributed by atoms with E-state index in [0.29, 0.717) is 23.2 Å². The van der Waals surface area contributed by atoms with Crippen LogP contribution in [0.5, 0.6) is 0 Å². The molecule has 4 nitrogen and oxygen atoms in total. The number of halogens is 3. The number of aromatic nitrogens is 2. The molecule has 0 saturated carbocycles. The molecule has 1 N–H and O–H groups in total. The molecule has 2 aliphatic rings. The molecule has 2 bridgehead atoms. The van der Waals surface area contributed by atoms with Gasteiger partial charge in [-0.25, -0.2) is 9.97 Å². The highest BCUT2D eigenvalue weighted by molar-refractivity contribution is 5.72. The maximum atomic E-state index is 12.8. The van der Waals surface area contributed by atoms with Gasteiger partial charge in [0.1, 0.15) is 0 Å². The van der Waals surface area contributed by atoms with Crippen LogP contribution < -0.4 is 10.2 Å². The van der Waals surface area contributed by atoms with Crippen LogP contribution in [-0.4, -0.2) is 29.1 Å². The first kappa shape index (κ1) is 16.5. The average Bonchev–Trinajstić information content (AvgIpc) is 2.98. The Kier molecular flexibility index (Phi) is 4.34. The van der Waals surface area contributed by atoms with Gasteiger partial charge in [-0.15, -0.1) is 0 Å². The van der Waals surface area contributed by atoms with Crippen molar-refractivity contribution in [3.8, 4) is 11.4 Å². The molecule has 1 atom stereocenters. The lowest BCUT2D eigenvalue weighted by Crippen LogP contribution is -2.32. The van der Waals surface area contributed by atoms with Gasteiger partial charge in [-0.2, -0.15) is 13.2 Å². The summed E-state index contributed by atoms with van der Waals surface area (Å²) in [5, 5.41) is 3.33. The molecule has 7 heteroatoms. The van der Waals surface area contributed by atoms with Gasteiger partial charge in [-0.3, -0.25) is 0 Å². The van der Waals surface area contributed by atoms with E-state index in [-0.39, 0.29) is 0 Å². The molecule has 1 unspecified atom stereocenters. The molecular formula is C17H19F3N4. The van der Waals surface area contributed by atoms with Crippen LogP contribution in [0.25, 0.3) is 11.4 Å². The Morgan fingerprint density at radius 2 is 2.04 bits per heavy atom. The molecule has 2 aromatic rings.